The van der Waals surface area contributed by atoms with E-state index in [4.69, 9.17) is 0 Å². The van der Waals surface area contributed by atoms with Crippen molar-refractivity contribution in [2.75, 3.05) is 33.7 Å². The van der Waals surface area contributed by atoms with Crippen LogP contribution < -0.4 is 19.6 Å². The van der Waals surface area contributed by atoms with Crippen LogP contribution in [0.1, 0.15) is 49.9 Å². The molecule has 266 valence electrons. The Morgan fingerprint density at radius 3 is 0.889 bits per heavy atom. The summed E-state index contributed by atoms with van der Waals surface area (Å²) in [7, 11) is 4.46. The van der Waals surface area contributed by atoms with Gasteiger partial charge in [-0.2, -0.15) is 0 Å². The van der Waals surface area contributed by atoms with Crippen molar-refractivity contribution in [2.45, 2.75) is 38.5 Å². The number of fused-ring (bicyclic) bond motifs is 4. The highest BCUT2D eigenvalue weighted by Gasteiger charge is 2.41. The number of rotatable bonds is 6. The largest absolute Gasteiger partial charge is 0.344 e. The van der Waals surface area contributed by atoms with Crippen LogP contribution in [0.25, 0.3) is 0 Å². The summed E-state index contributed by atoms with van der Waals surface area (Å²) >= 11 is 0. The zero-order valence-electron chi connectivity index (χ0n) is 32.0. The second kappa shape index (κ2) is 12.7. The quantitative estimate of drug-likeness (QED) is 0.171. The summed E-state index contributed by atoms with van der Waals surface area (Å²) in [6, 6.07) is 61.6. The number of benzene rings is 7. The van der Waals surface area contributed by atoms with Crippen LogP contribution in [0.5, 0.6) is 0 Å². The first-order valence-corrected chi connectivity index (χ1v) is 18.9. The summed E-state index contributed by atoms with van der Waals surface area (Å²) in [5.41, 5.74) is 16.7. The van der Waals surface area contributed by atoms with E-state index in [1.165, 1.54) is 45.0 Å². The Bertz CT molecular complexity index is 2220. The van der Waals surface area contributed by atoms with Crippen molar-refractivity contribution in [3.63, 3.8) is 0 Å². The minimum atomic E-state index is -0.248. The highest BCUT2D eigenvalue weighted by molar-refractivity contribution is 5.89. The molecule has 0 saturated carbocycles. The Balaban J connectivity index is 1.15. The van der Waals surface area contributed by atoms with Gasteiger partial charge in [-0.25, -0.2) is 0 Å². The SMILES string of the molecule is CN1c2ccc(N(c3ccccc3)c3ccccc3)cc2C(C)(C)c2cc3c(cc21)C(C)(C)c1cc(N(c2ccccc2)c2ccccc2)ccc1N3C. The molecule has 7 aromatic rings. The maximum Gasteiger partial charge on any atom is 0.0466 e. The van der Waals surface area contributed by atoms with E-state index in [1.54, 1.807) is 0 Å². The van der Waals surface area contributed by atoms with E-state index < -0.39 is 0 Å². The molecule has 0 N–H and O–H groups in total. The molecule has 9 rings (SSSR count). The average molecular weight is 703 g/mol. The van der Waals surface area contributed by atoms with Gasteiger partial charge in [-0.3, -0.25) is 0 Å². The van der Waals surface area contributed by atoms with E-state index in [2.05, 4.69) is 231 Å². The summed E-state index contributed by atoms with van der Waals surface area (Å²) in [5.74, 6) is 0. The number of para-hydroxylation sites is 4. The molecule has 4 heteroatoms. The zero-order chi connectivity index (χ0) is 37.2. The third kappa shape index (κ3) is 5.28. The molecule has 0 unspecified atom stereocenters. The molecule has 0 fully saturated rings. The minimum absolute atomic E-state index is 0.248. The Kier molecular flexibility index (Phi) is 7.90. The predicted octanol–water partition coefficient (Wildman–Crippen LogP) is 13.4. The van der Waals surface area contributed by atoms with Gasteiger partial charge in [0.2, 0.25) is 0 Å². The van der Waals surface area contributed by atoms with Crippen molar-refractivity contribution in [1.29, 1.82) is 0 Å². The van der Waals surface area contributed by atoms with Gasteiger partial charge in [0.1, 0.15) is 0 Å². The van der Waals surface area contributed by atoms with Crippen molar-refractivity contribution in [1.82, 2.24) is 0 Å². The highest BCUT2D eigenvalue weighted by Crippen LogP contribution is 2.56. The zero-order valence-corrected chi connectivity index (χ0v) is 32.0. The van der Waals surface area contributed by atoms with Crippen LogP contribution in [0, 0.1) is 0 Å². The molecule has 7 aromatic carbocycles. The van der Waals surface area contributed by atoms with Crippen LogP contribution in [-0.2, 0) is 10.8 Å². The van der Waals surface area contributed by atoms with Crippen molar-refractivity contribution >= 4 is 56.9 Å². The van der Waals surface area contributed by atoms with Gasteiger partial charge in [0.25, 0.3) is 0 Å². The summed E-state index contributed by atoms with van der Waals surface area (Å²) in [4.78, 5) is 9.53. The summed E-state index contributed by atoms with van der Waals surface area (Å²) in [5, 5.41) is 0. The first-order valence-electron chi connectivity index (χ1n) is 18.9. The van der Waals surface area contributed by atoms with Gasteiger partial charge in [-0.15, -0.1) is 0 Å². The molecule has 0 saturated heterocycles. The maximum absolute atomic E-state index is 2.47. The van der Waals surface area contributed by atoms with Gasteiger partial charge in [0, 0.05) is 81.8 Å². The van der Waals surface area contributed by atoms with Crippen molar-refractivity contribution in [2.24, 2.45) is 0 Å². The molecular formula is C50H46N4. The molecule has 54 heavy (non-hydrogen) atoms. The van der Waals surface area contributed by atoms with Crippen molar-refractivity contribution in [3.8, 4) is 0 Å². The minimum Gasteiger partial charge on any atom is -0.344 e. The van der Waals surface area contributed by atoms with Gasteiger partial charge in [0.05, 0.1) is 0 Å². The molecule has 0 radical (unpaired) electrons. The topological polar surface area (TPSA) is 13.0 Å². The van der Waals surface area contributed by atoms with E-state index >= 15 is 0 Å². The van der Waals surface area contributed by atoms with E-state index in [9.17, 15) is 0 Å². The normalized spacial score (nSPS) is 14.7. The molecule has 0 aromatic heterocycles. The maximum atomic E-state index is 2.47. The van der Waals surface area contributed by atoms with Crippen LogP contribution in [0.2, 0.25) is 0 Å². The summed E-state index contributed by atoms with van der Waals surface area (Å²) in [6.45, 7) is 9.55. The lowest BCUT2D eigenvalue weighted by Crippen LogP contribution is -2.35. The Morgan fingerprint density at radius 1 is 0.315 bits per heavy atom. The summed E-state index contributed by atoms with van der Waals surface area (Å²) in [6.07, 6.45) is 0. The lowest BCUT2D eigenvalue weighted by molar-refractivity contribution is 0.612. The average Bonchev–Trinajstić information content (AvgIpc) is 3.21. The molecule has 2 heterocycles. The third-order valence-corrected chi connectivity index (χ3v) is 11.8. The molecule has 0 atom stereocenters. The van der Waals surface area contributed by atoms with Gasteiger partial charge in [-0.05, 0) is 119 Å². The third-order valence-electron chi connectivity index (χ3n) is 11.8. The Labute approximate surface area is 320 Å². The van der Waals surface area contributed by atoms with E-state index in [1.807, 2.05) is 0 Å². The van der Waals surface area contributed by atoms with Gasteiger partial charge >= 0.3 is 0 Å². The van der Waals surface area contributed by atoms with Gasteiger partial charge in [0.15, 0.2) is 0 Å². The molecular weight excluding hydrogens is 657 g/mol. The van der Waals surface area contributed by atoms with Crippen molar-refractivity contribution < 1.29 is 0 Å². The first-order chi connectivity index (χ1) is 26.1. The number of hydrogen-bond acceptors (Lipinski definition) is 4. The van der Waals surface area contributed by atoms with Crippen LogP contribution in [-0.4, -0.2) is 14.1 Å². The monoisotopic (exact) mass is 702 g/mol. The highest BCUT2D eigenvalue weighted by atomic mass is 15.2. The second-order valence-electron chi connectivity index (χ2n) is 15.7. The molecule has 2 aliphatic rings. The first kappa shape index (κ1) is 33.6. The van der Waals surface area contributed by atoms with Crippen LogP contribution in [0.4, 0.5) is 56.9 Å². The smallest absolute Gasteiger partial charge is 0.0466 e. The van der Waals surface area contributed by atoms with E-state index in [-0.39, 0.29) is 10.8 Å². The molecule has 4 nitrogen and oxygen atoms in total. The summed E-state index contributed by atoms with van der Waals surface area (Å²) < 4.78 is 0. The molecule has 0 bridgehead atoms. The fraction of sp³-hybridized carbons (Fsp3) is 0.160. The molecule has 0 spiro atoms. The fourth-order valence-electron chi connectivity index (χ4n) is 8.80. The van der Waals surface area contributed by atoms with Gasteiger partial charge in [-0.1, -0.05) is 100 Å². The van der Waals surface area contributed by atoms with Gasteiger partial charge < -0.3 is 19.6 Å². The lowest BCUT2D eigenvalue weighted by Gasteiger charge is -2.46. The lowest BCUT2D eigenvalue weighted by atomic mass is 9.69. The standard InChI is InChI=1S/C50H46N4/c1-49(2)41-31-39(53(35-19-11-7-12-20-35)36-21-13-8-14-22-36)27-29-45(41)51(5)47-34-44-48(33-43(47)49)52(6)46-30-28-40(32-42(46)50(44,3)4)54(37-23-15-9-16-24-37)38-25-17-10-18-26-38/h7-34H,1-6H3. The number of hydrogen-bond donors (Lipinski definition) is 0. The molecule has 0 aliphatic carbocycles. The number of nitrogens with zero attached hydrogens (tertiary/aromatic N) is 4. The van der Waals surface area contributed by atoms with Crippen molar-refractivity contribution in [3.05, 3.63) is 192 Å². The number of anilines is 10. The predicted molar refractivity (Wildman–Crippen MR) is 229 cm³/mol. The molecule has 2 aliphatic heterocycles. The van der Waals surface area contributed by atoms with E-state index in [0.29, 0.717) is 0 Å². The Morgan fingerprint density at radius 2 is 0.593 bits per heavy atom. The van der Waals surface area contributed by atoms with E-state index in [0.717, 1.165) is 34.1 Å². The fourth-order valence-corrected chi connectivity index (χ4v) is 8.80. The van der Waals surface area contributed by atoms with Crippen LogP contribution in [0.3, 0.4) is 0 Å². The van der Waals surface area contributed by atoms with Crippen LogP contribution >= 0.6 is 0 Å². The molecule has 0 amide bonds. The van der Waals surface area contributed by atoms with Crippen LogP contribution in [0.15, 0.2) is 170 Å². The Hall–Kier alpha value is -6.26. The second-order valence-corrected chi connectivity index (χ2v) is 15.7.